The van der Waals surface area contributed by atoms with Crippen molar-refractivity contribution in [3.05, 3.63) is 33.2 Å². The second-order valence-corrected chi connectivity index (χ2v) is 9.06. The number of halogens is 4. The quantitative estimate of drug-likeness (QED) is 0.636. The van der Waals surface area contributed by atoms with Crippen molar-refractivity contribution in [2.24, 2.45) is 7.05 Å². The maximum absolute atomic E-state index is 13.4. The molecule has 0 saturated carbocycles. The Kier molecular flexibility index (Phi) is 5.35. The number of rotatable bonds is 4. The molecular weight excluding hydrogens is 447 g/mol. The van der Waals surface area contributed by atoms with Gasteiger partial charge < -0.3 is 14.9 Å². The molecule has 3 rings (SSSR count). The molecule has 162 valence electrons. The Balaban J connectivity index is 2.46. The number of sulfone groups is 1. The number of fused-ring (bicyclic) bond motifs is 1. The van der Waals surface area contributed by atoms with Gasteiger partial charge in [0, 0.05) is 13.6 Å². The van der Waals surface area contributed by atoms with Gasteiger partial charge in [-0.2, -0.15) is 13.2 Å². The number of nitrogens with two attached hydrogens (primary N) is 1. The molecule has 0 radical (unpaired) electrons. The third-order valence-corrected chi connectivity index (χ3v) is 6.68. The summed E-state index contributed by atoms with van der Waals surface area (Å²) >= 11 is 5.93. The highest BCUT2D eigenvalue weighted by atomic mass is 35.5. The van der Waals surface area contributed by atoms with Gasteiger partial charge in [0.1, 0.15) is 22.7 Å². The van der Waals surface area contributed by atoms with E-state index in [9.17, 15) is 26.4 Å². The smallest absolute Gasteiger partial charge is 0.382 e. The summed E-state index contributed by atoms with van der Waals surface area (Å²) in [5.74, 6) is -0.595. The van der Waals surface area contributed by atoms with Crippen molar-refractivity contribution in [2.45, 2.75) is 31.5 Å². The first-order chi connectivity index (χ1) is 13.8. The Hall–Kier alpha value is -2.60. The molecule has 30 heavy (non-hydrogen) atoms. The minimum atomic E-state index is -4.78. The van der Waals surface area contributed by atoms with Crippen molar-refractivity contribution in [3.8, 4) is 11.5 Å². The lowest BCUT2D eigenvalue weighted by molar-refractivity contribution is -0.144. The van der Waals surface area contributed by atoms with Crippen LogP contribution >= 0.6 is 11.6 Å². The van der Waals surface area contributed by atoms with Gasteiger partial charge in [-0.05, 0) is 19.1 Å². The highest BCUT2D eigenvalue weighted by Gasteiger charge is 2.36. The molecule has 0 saturated heterocycles. The van der Waals surface area contributed by atoms with E-state index in [-0.39, 0.29) is 50.6 Å². The summed E-state index contributed by atoms with van der Waals surface area (Å²) in [6.45, 7) is 2.60. The molecule has 3 aromatic heterocycles. The third kappa shape index (κ3) is 3.43. The van der Waals surface area contributed by atoms with Gasteiger partial charge in [0.25, 0.3) is 5.56 Å². The van der Waals surface area contributed by atoms with Crippen LogP contribution in [0.2, 0.25) is 5.02 Å². The molecule has 0 aliphatic carbocycles. The van der Waals surface area contributed by atoms with E-state index in [2.05, 4.69) is 9.97 Å². The van der Waals surface area contributed by atoms with Gasteiger partial charge in [-0.25, -0.2) is 18.4 Å². The van der Waals surface area contributed by atoms with Crippen molar-refractivity contribution in [1.29, 1.82) is 0 Å². The van der Waals surface area contributed by atoms with Gasteiger partial charge in [-0.15, -0.1) is 0 Å². The summed E-state index contributed by atoms with van der Waals surface area (Å²) in [6, 6.07) is 1.86. The van der Waals surface area contributed by atoms with E-state index in [4.69, 9.17) is 17.3 Å². The van der Waals surface area contributed by atoms with E-state index >= 15 is 0 Å². The van der Waals surface area contributed by atoms with Crippen LogP contribution in [0.15, 0.2) is 21.8 Å². The zero-order valence-electron chi connectivity index (χ0n) is 16.1. The van der Waals surface area contributed by atoms with Crippen LogP contribution < -0.4 is 11.3 Å². The normalized spacial score (nSPS) is 12.6. The monoisotopic (exact) mass is 463 g/mol. The molecule has 2 N–H and O–H groups in total. The van der Waals surface area contributed by atoms with Gasteiger partial charge in [-0.3, -0.25) is 4.79 Å². The molecular formula is C17H17ClF3N5O3S. The van der Waals surface area contributed by atoms with Crippen LogP contribution in [0.25, 0.3) is 22.6 Å². The molecule has 13 heteroatoms. The first-order valence-electron chi connectivity index (χ1n) is 8.70. The summed E-state index contributed by atoms with van der Waals surface area (Å²) in [4.78, 5) is 20.6. The number of hydrogen-bond donors (Lipinski definition) is 1. The maximum Gasteiger partial charge on any atom is 0.431 e. The van der Waals surface area contributed by atoms with Crippen molar-refractivity contribution in [3.63, 3.8) is 0 Å². The number of aromatic nitrogens is 4. The molecule has 0 unspecified atom stereocenters. The molecule has 0 atom stereocenters. The lowest BCUT2D eigenvalue weighted by Crippen LogP contribution is -2.28. The predicted molar refractivity (Wildman–Crippen MR) is 106 cm³/mol. The number of aryl methyl sites for hydroxylation is 1. The van der Waals surface area contributed by atoms with Gasteiger partial charge >= 0.3 is 6.18 Å². The lowest BCUT2D eigenvalue weighted by Gasteiger charge is -2.14. The zero-order chi connectivity index (χ0) is 22.6. The Morgan fingerprint density at radius 3 is 2.37 bits per heavy atom. The minimum absolute atomic E-state index is 0.0998. The van der Waals surface area contributed by atoms with Crippen LogP contribution in [0, 0.1) is 0 Å². The molecule has 0 bridgehead atoms. The highest BCUT2D eigenvalue weighted by Crippen LogP contribution is 2.34. The average molecular weight is 464 g/mol. The summed E-state index contributed by atoms with van der Waals surface area (Å²) in [5.41, 5.74) is 3.08. The molecule has 0 spiro atoms. The number of imidazole rings is 1. The Bertz CT molecular complexity index is 1330. The van der Waals surface area contributed by atoms with Crippen molar-refractivity contribution in [2.75, 3.05) is 11.5 Å². The van der Waals surface area contributed by atoms with E-state index in [1.54, 1.807) is 0 Å². The molecule has 8 nitrogen and oxygen atoms in total. The molecule has 0 aliphatic rings. The Morgan fingerprint density at radius 1 is 1.20 bits per heavy atom. The lowest BCUT2D eigenvalue weighted by atomic mass is 10.3. The van der Waals surface area contributed by atoms with Crippen molar-refractivity contribution >= 4 is 38.3 Å². The largest absolute Gasteiger partial charge is 0.431 e. The van der Waals surface area contributed by atoms with Crippen LogP contribution in [0.3, 0.4) is 0 Å². The van der Waals surface area contributed by atoms with Gasteiger partial charge in [0.15, 0.2) is 15.7 Å². The second-order valence-electron chi connectivity index (χ2n) is 6.41. The molecule has 3 aromatic rings. The second kappa shape index (κ2) is 7.27. The number of nitrogens with zero attached hydrogens (tertiary/aromatic N) is 4. The van der Waals surface area contributed by atoms with Crippen LogP contribution in [-0.4, -0.2) is 33.3 Å². The highest BCUT2D eigenvalue weighted by molar-refractivity contribution is 7.91. The van der Waals surface area contributed by atoms with Crippen molar-refractivity contribution in [1.82, 2.24) is 19.1 Å². The maximum atomic E-state index is 13.4. The molecule has 3 heterocycles. The average Bonchev–Trinajstić information content (AvgIpc) is 2.99. The zero-order valence-corrected chi connectivity index (χ0v) is 17.7. The molecule has 0 amide bonds. The first kappa shape index (κ1) is 22.1. The third-order valence-electron chi connectivity index (χ3n) is 4.64. The fourth-order valence-electron chi connectivity index (χ4n) is 3.12. The topological polar surface area (TPSA) is 113 Å². The minimum Gasteiger partial charge on any atom is -0.382 e. The Labute approximate surface area is 174 Å². The number of anilines is 1. The number of pyridine rings is 2. The summed E-state index contributed by atoms with van der Waals surface area (Å²) in [7, 11) is -2.46. The molecule has 0 aliphatic heterocycles. The van der Waals surface area contributed by atoms with E-state index in [0.717, 1.165) is 12.1 Å². The van der Waals surface area contributed by atoms with Crippen LogP contribution in [0.5, 0.6) is 0 Å². The predicted octanol–water partition coefficient (Wildman–Crippen LogP) is 2.86. The summed E-state index contributed by atoms with van der Waals surface area (Å²) < 4.78 is 67.1. The van der Waals surface area contributed by atoms with Crippen molar-refractivity contribution < 1.29 is 21.6 Å². The van der Waals surface area contributed by atoms with E-state index in [1.165, 1.54) is 25.5 Å². The number of nitrogen functional groups attached to an aromatic ring is 1. The van der Waals surface area contributed by atoms with Gasteiger partial charge in [0.05, 0.1) is 21.2 Å². The standard InChI is InChI=1S/C17H17ClF3N5O3S/c1-4-26-11(17(19,20)21)7-9-13(16(26)27)25(3)15(23-9)12-10(30(28,29)5-2)6-8(18)14(22)24-12/h6-7H,4-5H2,1-3H3,(H2,22,24). The van der Waals surface area contributed by atoms with E-state index < -0.39 is 27.3 Å². The van der Waals surface area contributed by atoms with Gasteiger partial charge in [-0.1, -0.05) is 18.5 Å². The Morgan fingerprint density at radius 2 is 1.83 bits per heavy atom. The first-order valence-corrected chi connectivity index (χ1v) is 10.7. The van der Waals surface area contributed by atoms with Gasteiger partial charge in [0.2, 0.25) is 0 Å². The molecule has 0 aromatic carbocycles. The SMILES string of the molecule is CCn1c(C(F)(F)F)cc2nc(-c3nc(N)c(Cl)cc3S(=O)(=O)CC)n(C)c2c1=O. The van der Waals surface area contributed by atoms with E-state index in [0.29, 0.717) is 4.57 Å². The fraction of sp³-hybridized carbons (Fsp3) is 0.353. The summed E-state index contributed by atoms with van der Waals surface area (Å²) in [5, 5.41) is -0.0998. The molecule has 0 fully saturated rings. The van der Waals surface area contributed by atoms with Crippen LogP contribution in [0.4, 0.5) is 19.0 Å². The number of alkyl halides is 3. The summed E-state index contributed by atoms with van der Waals surface area (Å²) in [6.07, 6.45) is -4.78. The van der Waals surface area contributed by atoms with E-state index in [1.807, 2.05) is 0 Å². The van der Waals surface area contributed by atoms with Crippen LogP contribution in [0.1, 0.15) is 19.5 Å². The number of hydrogen-bond acceptors (Lipinski definition) is 6. The van der Waals surface area contributed by atoms with Crippen LogP contribution in [-0.2, 0) is 29.6 Å². The fourth-order valence-corrected chi connectivity index (χ4v) is 4.37.